The van der Waals surface area contributed by atoms with E-state index in [1.54, 1.807) is 26.0 Å². The van der Waals surface area contributed by atoms with Crippen LogP contribution in [-0.2, 0) is 20.9 Å². The Morgan fingerprint density at radius 2 is 1.79 bits per heavy atom. The summed E-state index contributed by atoms with van der Waals surface area (Å²) in [6.45, 7) is 5.38. The van der Waals surface area contributed by atoms with Gasteiger partial charge in [0.25, 0.3) is 5.91 Å². The van der Waals surface area contributed by atoms with Gasteiger partial charge in [-0.05, 0) is 46.0 Å². The molecule has 0 bridgehead atoms. The average molecular weight is 467 g/mol. The van der Waals surface area contributed by atoms with Gasteiger partial charge in [0.2, 0.25) is 5.66 Å². The molecule has 2 aromatic carbocycles. The second-order valence-corrected chi connectivity index (χ2v) is 8.37. The van der Waals surface area contributed by atoms with Gasteiger partial charge in [-0.15, -0.1) is 0 Å². The van der Waals surface area contributed by atoms with Crippen molar-refractivity contribution in [2.75, 3.05) is 32.1 Å². The first-order valence-corrected chi connectivity index (χ1v) is 11.0. The van der Waals surface area contributed by atoms with Gasteiger partial charge in [-0.2, -0.15) is 0 Å². The zero-order valence-electron chi connectivity index (χ0n) is 20.1. The van der Waals surface area contributed by atoms with Crippen molar-refractivity contribution >= 4 is 29.5 Å². The molecule has 9 nitrogen and oxygen atoms in total. The number of amides is 3. The number of anilines is 1. The van der Waals surface area contributed by atoms with Crippen LogP contribution >= 0.6 is 0 Å². The first kappa shape index (κ1) is 24.9. The second-order valence-electron chi connectivity index (χ2n) is 8.37. The number of rotatable bonds is 6. The number of hydrogen-bond acceptors (Lipinski definition) is 7. The van der Waals surface area contributed by atoms with Crippen LogP contribution < -0.4 is 10.2 Å². The third-order valence-electron chi connectivity index (χ3n) is 5.22. The SMILES string of the molecule is CCOC(=O)N1C(=O)C(C)(NC(=O)OCc2ccccc2)N=C(CN(C)C)c2cccc(C)c21. The lowest BCUT2D eigenvalue weighted by Gasteiger charge is -2.29. The van der Waals surface area contributed by atoms with Gasteiger partial charge in [0.15, 0.2) is 0 Å². The number of fused-ring (bicyclic) bond motifs is 1. The van der Waals surface area contributed by atoms with Crippen molar-refractivity contribution in [1.29, 1.82) is 0 Å². The highest BCUT2D eigenvalue weighted by Gasteiger charge is 2.46. The van der Waals surface area contributed by atoms with Gasteiger partial charge in [0.05, 0.1) is 18.0 Å². The Balaban J connectivity index is 2.03. The molecule has 34 heavy (non-hydrogen) atoms. The van der Waals surface area contributed by atoms with Gasteiger partial charge < -0.3 is 14.4 Å². The van der Waals surface area contributed by atoms with Crippen LogP contribution in [0.15, 0.2) is 53.5 Å². The van der Waals surface area contributed by atoms with Gasteiger partial charge in [-0.1, -0.05) is 48.5 Å². The van der Waals surface area contributed by atoms with Gasteiger partial charge in [0.1, 0.15) is 6.61 Å². The van der Waals surface area contributed by atoms with E-state index in [0.29, 0.717) is 29.1 Å². The number of alkyl carbamates (subject to hydrolysis) is 1. The summed E-state index contributed by atoms with van der Waals surface area (Å²) in [7, 11) is 3.74. The molecular formula is C25H30N4O5. The minimum atomic E-state index is -1.81. The number of para-hydroxylation sites is 1. The summed E-state index contributed by atoms with van der Waals surface area (Å²) in [5, 5.41) is 2.57. The van der Waals surface area contributed by atoms with E-state index in [9.17, 15) is 14.4 Å². The Kier molecular flexibility index (Phi) is 7.68. The van der Waals surface area contributed by atoms with Gasteiger partial charge in [0, 0.05) is 12.1 Å². The van der Waals surface area contributed by atoms with Crippen molar-refractivity contribution in [3.63, 3.8) is 0 Å². The molecule has 1 aliphatic heterocycles. The first-order chi connectivity index (χ1) is 16.2. The van der Waals surface area contributed by atoms with Crippen LogP contribution in [0.3, 0.4) is 0 Å². The summed E-state index contributed by atoms with van der Waals surface area (Å²) < 4.78 is 10.5. The predicted molar refractivity (Wildman–Crippen MR) is 129 cm³/mol. The molecule has 1 atom stereocenters. The number of benzene rings is 2. The van der Waals surface area contributed by atoms with E-state index in [0.717, 1.165) is 10.5 Å². The molecule has 0 saturated carbocycles. The molecule has 2 aromatic rings. The van der Waals surface area contributed by atoms with Crippen molar-refractivity contribution in [2.24, 2.45) is 4.99 Å². The van der Waals surface area contributed by atoms with E-state index in [2.05, 4.69) is 10.3 Å². The second kappa shape index (κ2) is 10.5. The number of ether oxygens (including phenoxy) is 2. The standard InChI is InChI=1S/C25H30N4O5/c1-6-33-24(32)29-21-17(2)11-10-14-19(21)20(15-28(4)5)26-25(3,22(29)30)27-23(31)34-16-18-12-8-7-9-13-18/h7-14H,6,15-16H2,1-5H3,(H,27,31). The zero-order valence-corrected chi connectivity index (χ0v) is 20.1. The number of imide groups is 1. The fraction of sp³-hybridized carbons (Fsp3) is 0.360. The minimum Gasteiger partial charge on any atom is -0.449 e. The molecule has 0 aliphatic carbocycles. The number of nitrogens with zero attached hydrogens (tertiary/aromatic N) is 3. The van der Waals surface area contributed by atoms with Gasteiger partial charge >= 0.3 is 12.2 Å². The van der Waals surface area contributed by atoms with Crippen LogP contribution in [-0.4, -0.2) is 61.6 Å². The average Bonchev–Trinajstić information content (AvgIpc) is 2.87. The fourth-order valence-corrected chi connectivity index (χ4v) is 3.71. The Morgan fingerprint density at radius 1 is 1.09 bits per heavy atom. The highest BCUT2D eigenvalue weighted by atomic mass is 16.6. The number of carbonyl (C=O) groups excluding carboxylic acids is 3. The van der Waals surface area contributed by atoms with Crippen LogP contribution in [0.25, 0.3) is 0 Å². The number of hydrogen-bond donors (Lipinski definition) is 1. The molecule has 9 heteroatoms. The normalized spacial score (nSPS) is 17.5. The summed E-state index contributed by atoms with van der Waals surface area (Å²) in [5.74, 6) is -0.744. The Bertz CT molecular complexity index is 1100. The van der Waals surface area contributed by atoms with Crippen LogP contribution in [0.2, 0.25) is 0 Å². The molecule has 0 saturated heterocycles. The molecule has 1 heterocycles. The molecule has 0 spiro atoms. The van der Waals surface area contributed by atoms with Crippen LogP contribution in [0.1, 0.15) is 30.5 Å². The van der Waals surface area contributed by atoms with Crippen molar-refractivity contribution in [3.05, 3.63) is 65.2 Å². The van der Waals surface area contributed by atoms with E-state index in [-0.39, 0.29) is 13.2 Å². The summed E-state index contributed by atoms with van der Waals surface area (Å²) in [5.41, 5.74) is 1.21. The van der Waals surface area contributed by atoms with E-state index in [1.165, 1.54) is 6.92 Å². The van der Waals surface area contributed by atoms with Crippen molar-refractivity contribution < 1.29 is 23.9 Å². The number of aliphatic imine (C=N–C) groups is 1. The third kappa shape index (κ3) is 5.43. The number of likely N-dealkylation sites (N-methyl/N-ethyl adjacent to an activating group) is 1. The largest absolute Gasteiger partial charge is 0.449 e. The molecule has 3 amide bonds. The van der Waals surface area contributed by atoms with E-state index >= 15 is 0 Å². The highest BCUT2D eigenvalue weighted by molar-refractivity contribution is 6.23. The van der Waals surface area contributed by atoms with E-state index < -0.39 is 23.8 Å². The lowest BCUT2D eigenvalue weighted by molar-refractivity contribution is -0.123. The molecule has 1 unspecified atom stereocenters. The number of benzodiazepines with no additional fused rings is 1. The maximum Gasteiger partial charge on any atom is 0.421 e. The molecule has 180 valence electrons. The van der Waals surface area contributed by atoms with Crippen LogP contribution in [0.5, 0.6) is 0 Å². The Labute approximate surface area is 199 Å². The van der Waals surface area contributed by atoms with Crippen LogP contribution in [0.4, 0.5) is 15.3 Å². The Morgan fingerprint density at radius 3 is 2.44 bits per heavy atom. The summed E-state index contributed by atoms with van der Waals surface area (Å²) in [4.78, 5) is 47.0. The van der Waals surface area contributed by atoms with Gasteiger partial charge in [-0.3, -0.25) is 15.1 Å². The lowest BCUT2D eigenvalue weighted by atomic mass is 10.0. The molecule has 1 N–H and O–H groups in total. The van der Waals surface area contributed by atoms with Crippen molar-refractivity contribution in [2.45, 2.75) is 33.0 Å². The smallest absolute Gasteiger partial charge is 0.421 e. The number of carbonyl (C=O) groups is 3. The lowest BCUT2D eigenvalue weighted by Crippen LogP contribution is -2.58. The van der Waals surface area contributed by atoms with Crippen molar-refractivity contribution in [3.8, 4) is 0 Å². The maximum absolute atomic E-state index is 13.8. The minimum absolute atomic E-state index is 0.0200. The Hall–Kier alpha value is -3.72. The topological polar surface area (TPSA) is 101 Å². The summed E-state index contributed by atoms with van der Waals surface area (Å²) in [6.07, 6.45) is -1.67. The maximum atomic E-state index is 13.8. The quantitative estimate of drug-likeness (QED) is 0.700. The monoisotopic (exact) mass is 466 g/mol. The van der Waals surface area contributed by atoms with Crippen molar-refractivity contribution in [1.82, 2.24) is 10.2 Å². The highest BCUT2D eigenvalue weighted by Crippen LogP contribution is 2.33. The molecular weight excluding hydrogens is 436 g/mol. The van der Waals surface area contributed by atoms with Gasteiger partial charge in [-0.25, -0.2) is 14.5 Å². The molecule has 1 aliphatic rings. The third-order valence-corrected chi connectivity index (χ3v) is 5.22. The summed E-state index contributed by atoms with van der Waals surface area (Å²) in [6, 6.07) is 14.6. The first-order valence-electron chi connectivity index (χ1n) is 11.0. The molecule has 0 radical (unpaired) electrons. The fourth-order valence-electron chi connectivity index (χ4n) is 3.71. The zero-order chi connectivity index (χ0) is 24.9. The molecule has 0 aromatic heterocycles. The molecule has 3 rings (SSSR count). The van der Waals surface area contributed by atoms with E-state index in [4.69, 9.17) is 9.47 Å². The number of nitrogens with one attached hydrogen (secondary N) is 1. The summed E-state index contributed by atoms with van der Waals surface area (Å²) >= 11 is 0. The number of aryl methyl sites for hydroxylation is 1. The van der Waals surface area contributed by atoms with E-state index in [1.807, 2.05) is 55.4 Å². The predicted octanol–water partition coefficient (Wildman–Crippen LogP) is 3.49. The molecule has 0 fully saturated rings. The van der Waals surface area contributed by atoms with Crippen LogP contribution in [0, 0.1) is 6.92 Å².